The van der Waals surface area contributed by atoms with Crippen molar-refractivity contribution in [1.82, 2.24) is 9.97 Å². The van der Waals surface area contributed by atoms with Gasteiger partial charge in [0.25, 0.3) is 0 Å². The predicted octanol–water partition coefficient (Wildman–Crippen LogP) is 1.80. The third kappa shape index (κ3) is 1.80. The van der Waals surface area contributed by atoms with Crippen LogP contribution in [0.15, 0.2) is 42.9 Å². The Labute approximate surface area is 81.8 Å². The molecular weight excluding hydrogens is 176 g/mol. The lowest BCUT2D eigenvalue weighted by Gasteiger charge is -2.06. The highest BCUT2D eigenvalue weighted by molar-refractivity contribution is 5.67. The molecule has 2 aromatic heterocycles. The maximum atomic E-state index is 5.73. The lowest BCUT2D eigenvalue weighted by atomic mass is 10.3. The largest absolute Gasteiger partial charge is 0.396 e. The second kappa shape index (κ2) is 3.74. The molecule has 14 heavy (non-hydrogen) atoms. The number of hydrogen-bond acceptors (Lipinski definition) is 4. The molecule has 0 fully saturated rings. The Morgan fingerprint density at radius 2 is 1.86 bits per heavy atom. The Balaban J connectivity index is 2.24. The Morgan fingerprint density at radius 1 is 1.07 bits per heavy atom. The highest BCUT2D eigenvalue weighted by Gasteiger charge is 1.98. The van der Waals surface area contributed by atoms with Crippen molar-refractivity contribution in [1.29, 1.82) is 0 Å². The molecule has 0 radical (unpaired) electrons. The van der Waals surface area contributed by atoms with E-state index in [-0.39, 0.29) is 0 Å². The second-order valence-electron chi connectivity index (χ2n) is 2.80. The second-order valence-corrected chi connectivity index (χ2v) is 2.80. The van der Waals surface area contributed by atoms with Gasteiger partial charge in [0.2, 0.25) is 0 Å². The van der Waals surface area contributed by atoms with Crippen LogP contribution in [0.4, 0.5) is 17.2 Å². The average Bonchev–Trinajstić information content (AvgIpc) is 2.23. The van der Waals surface area contributed by atoms with Gasteiger partial charge in [-0.15, -0.1) is 0 Å². The number of pyridine rings is 2. The zero-order valence-electron chi connectivity index (χ0n) is 7.51. The molecule has 0 spiro atoms. The van der Waals surface area contributed by atoms with Crippen LogP contribution < -0.4 is 11.1 Å². The number of rotatable bonds is 2. The van der Waals surface area contributed by atoms with Crippen LogP contribution in [0.1, 0.15) is 0 Å². The van der Waals surface area contributed by atoms with E-state index in [1.165, 1.54) is 0 Å². The zero-order chi connectivity index (χ0) is 9.80. The van der Waals surface area contributed by atoms with E-state index in [0.29, 0.717) is 11.5 Å². The fraction of sp³-hybridized carbons (Fsp3) is 0. The van der Waals surface area contributed by atoms with Gasteiger partial charge in [0.15, 0.2) is 5.82 Å². The molecule has 0 saturated heterocycles. The van der Waals surface area contributed by atoms with Gasteiger partial charge in [-0.1, -0.05) is 0 Å². The third-order valence-electron chi connectivity index (χ3n) is 1.78. The van der Waals surface area contributed by atoms with Gasteiger partial charge >= 0.3 is 0 Å². The molecule has 0 aromatic carbocycles. The lowest BCUT2D eigenvalue weighted by molar-refractivity contribution is 1.29. The molecular formula is C10H10N4. The summed E-state index contributed by atoms with van der Waals surface area (Å²) in [5.41, 5.74) is 7.28. The van der Waals surface area contributed by atoms with E-state index in [1.54, 1.807) is 30.7 Å². The van der Waals surface area contributed by atoms with Crippen LogP contribution in [0.3, 0.4) is 0 Å². The molecule has 0 saturated carbocycles. The van der Waals surface area contributed by atoms with Gasteiger partial charge in [-0.3, -0.25) is 4.98 Å². The van der Waals surface area contributed by atoms with Crippen LogP contribution in [0.25, 0.3) is 0 Å². The number of nitrogens with one attached hydrogen (secondary N) is 1. The minimum absolute atomic E-state index is 0.629. The van der Waals surface area contributed by atoms with Crippen LogP contribution in [0, 0.1) is 0 Å². The molecule has 3 N–H and O–H groups in total. The Hall–Kier alpha value is -2.10. The maximum absolute atomic E-state index is 5.73. The van der Waals surface area contributed by atoms with Gasteiger partial charge in [-0.2, -0.15) is 0 Å². The number of nitrogens with two attached hydrogens (primary N) is 1. The normalized spacial score (nSPS) is 9.71. The summed E-state index contributed by atoms with van der Waals surface area (Å²) in [6.45, 7) is 0. The first-order valence-corrected chi connectivity index (χ1v) is 4.24. The molecule has 2 rings (SSSR count). The molecule has 0 bridgehead atoms. The molecule has 2 aromatic rings. The number of hydrogen-bond donors (Lipinski definition) is 2. The smallest absolute Gasteiger partial charge is 0.153 e. The van der Waals surface area contributed by atoms with Crippen molar-refractivity contribution in [3.05, 3.63) is 42.9 Å². The van der Waals surface area contributed by atoms with E-state index < -0.39 is 0 Å². The van der Waals surface area contributed by atoms with Crippen LogP contribution >= 0.6 is 0 Å². The summed E-state index contributed by atoms with van der Waals surface area (Å²) in [7, 11) is 0. The van der Waals surface area contributed by atoms with E-state index in [9.17, 15) is 0 Å². The van der Waals surface area contributed by atoms with Crippen molar-refractivity contribution in [2.75, 3.05) is 11.1 Å². The SMILES string of the molecule is Nc1cccnc1Nc1ccncc1. The number of nitrogen functional groups attached to an aromatic ring is 1. The molecule has 0 aliphatic heterocycles. The number of anilines is 3. The van der Waals surface area contributed by atoms with Gasteiger partial charge in [-0.25, -0.2) is 4.98 Å². The van der Waals surface area contributed by atoms with Crippen LogP contribution in [0.5, 0.6) is 0 Å². The molecule has 4 nitrogen and oxygen atoms in total. The monoisotopic (exact) mass is 186 g/mol. The Kier molecular flexibility index (Phi) is 2.27. The van der Waals surface area contributed by atoms with E-state index in [1.807, 2.05) is 12.1 Å². The number of aromatic nitrogens is 2. The first-order valence-electron chi connectivity index (χ1n) is 4.24. The molecule has 0 aliphatic carbocycles. The highest BCUT2D eigenvalue weighted by atomic mass is 15.0. The molecule has 70 valence electrons. The van der Waals surface area contributed by atoms with Crippen molar-refractivity contribution < 1.29 is 0 Å². The van der Waals surface area contributed by atoms with Crippen molar-refractivity contribution in [2.24, 2.45) is 0 Å². The summed E-state index contributed by atoms with van der Waals surface area (Å²) in [6.07, 6.45) is 5.11. The predicted molar refractivity (Wildman–Crippen MR) is 56.2 cm³/mol. The molecule has 4 heteroatoms. The third-order valence-corrected chi connectivity index (χ3v) is 1.78. The molecule has 0 aliphatic rings. The summed E-state index contributed by atoms with van der Waals surface area (Å²) < 4.78 is 0. The van der Waals surface area contributed by atoms with Crippen molar-refractivity contribution in [3.8, 4) is 0 Å². The van der Waals surface area contributed by atoms with Crippen molar-refractivity contribution >= 4 is 17.2 Å². The molecule has 0 atom stereocenters. The average molecular weight is 186 g/mol. The Bertz CT molecular complexity index is 413. The van der Waals surface area contributed by atoms with Crippen LogP contribution in [0.2, 0.25) is 0 Å². The number of nitrogens with zero attached hydrogens (tertiary/aromatic N) is 2. The fourth-order valence-electron chi connectivity index (χ4n) is 1.09. The molecule has 0 amide bonds. The first kappa shape index (κ1) is 8.50. The fourth-order valence-corrected chi connectivity index (χ4v) is 1.09. The standard InChI is InChI=1S/C10H10N4/c11-9-2-1-5-13-10(9)14-8-3-6-12-7-4-8/h1-7H,11H2,(H,12,13,14). The van der Waals surface area contributed by atoms with E-state index >= 15 is 0 Å². The summed E-state index contributed by atoms with van der Waals surface area (Å²) in [6, 6.07) is 7.31. The summed E-state index contributed by atoms with van der Waals surface area (Å²) >= 11 is 0. The quantitative estimate of drug-likeness (QED) is 0.750. The van der Waals surface area contributed by atoms with Crippen LogP contribution in [-0.4, -0.2) is 9.97 Å². The van der Waals surface area contributed by atoms with Gasteiger partial charge in [-0.05, 0) is 24.3 Å². The van der Waals surface area contributed by atoms with Crippen molar-refractivity contribution in [2.45, 2.75) is 0 Å². The van der Waals surface area contributed by atoms with Crippen molar-refractivity contribution in [3.63, 3.8) is 0 Å². The van der Waals surface area contributed by atoms with Crippen LogP contribution in [-0.2, 0) is 0 Å². The summed E-state index contributed by atoms with van der Waals surface area (Å²) in [4.78, 5) is 8.03. The van der Waals surface area contributed by atoms with Gasteiger partial charge in [0.05, 0.1) is 5.69 Å². The molecule has 0 unspecified atom stereocenters. The highest BCUT2D eigenvalue weighted by Crippen LogP contribution is 2.18. The van der Waals surface area contributed by atoms with Gasteiger partial charge in [0, 0.05) is 24.3 Å². The lowest BCUT2D eigenvalue weighted by Crippen LogP contribution is -1.98. The minimum Gasteiger partial charge on any atom is -0.396 e. The molecule has 2 heterocycles. The summed E-state index contributed by atoms with van der Waals surface area (Å²) in [5.74, 6) is 0.665. The Morgan fingerprint density at radius 3 is 2.57 bits per heavy atom. The topological polar surface area (TPSA) is 63.8 Å². The first-order chi connectivity index (χ1) is 6.86. The van der Waals surface area contributed by atoms with Gasteiger partial charge in [0.1, 0.15) is 0 Å². The van der Waals surface area contributed by atoms with E-state index in [2.05, 4.69) is 15.3 Å². The maximum Gasteiger partial charge on any atom is 0.153 e. The van der Waals surface area contributed by atoms with Gasteiger partial charge < -0.3 is 11.1 Å². The van der Waals surface area contributed by atoms with E-state index in [0.717, 1.165) is 5.69 Å². The minimum atomic E-state index is 0.629. The summed E-state index contributed by atoms with van der Waals surface area (Å²) in [5, 5.41) is 3.10. The van der Waals surface area contributed by atoms with E-state index in [4.69, 9.17) is 5.73 Å². The zero-order valence-corrected chi connectivity index (χ0v) is 7.51.